The van der Waals surface area contributed by atoms with Crippen molar-refractivity contribution in [3.8, 4) is 0 Å². The summed E-state index contributed by atoms with van der Waals surface area (Å²) in [6, 6.07) is 0. The van der Waals surface area contributed by atoms with Crippen molar-refractivity contribution >= 4 is 8.25 Å². The van der Waals surface area contributed by atoms with Gasteiger partial charge in [0.2, 0.25) is 0 Å². The maximum atomic E-state index is 9.06. The summed E-state index contributed by atoms with van der Waals surface area (Å²) in [4.78, 5) is 9.06. The van der Waals surface area contributed by atoms with Crippen molar-refractivity contribution in [2.75, 3.05) is 0 Å². The third kappa shape index (κ3) is 3.98. The Morgan fingerprint density at radius 3 is 2.00 bits per heavy atom. The molecule has 0 amide bonds. The van der Waals surface area contributed by atoms with Crippen LogP contribution in [0.4, 0.5) is 0 Å². The van der Waals surface area contributed by atoms with E-state index in [2.05, 4.69) is 10.5 Å². The van der Waals surface area contributed by atoms with Crippen LogP contribution < -0.4 is 5.90 Å². The van der Waals surface area contributed by atoms with Crippen LogP contribution in [0.25, 0.3) is 0 Å². The smallest absolute Gasteiger partial charge is 0.162 e. The average molecular weight is 95.0 g/mol. The minimum atomic E-state index is -2.82. The molecule has 0 aromatic carbocycles. The Morgan fingerprint density at radius 2 is 2.00 bits per heavy atom. The molecule has 4 nitrogen and oxygen atoms in total. The normalized spacial score (nSPS) is 11.2. The van der Waals surface area contributed by atoms with Gasteiger partial charge in [-0.2, -0.15) is 5.90 Å². The van der Waals surface area contributed by atoms with Gasteiger partial charge in [-0.25, -0.2) is 0 Å². The quantitative estimate of drug-likeness (QED) is 0.367. The maximum absolute atomic E-state index is 9.06. The van der Waals surface area contributed by atoms with Gasteiger partial charge in [0.1, 0.15) is 4.89 Å². The summed E-state index contributed by atoms with van der Waals surface area (Å²) in [6.07, 6.45) is 0. The average Bonchev–Trinajstić information content (AvgIpc) is 1.38. The molecule has 5 heteroatoms. The molecular formula is H2NO3P+. The van der Waals surface area contributed by atoms with Crippen molar-refractivity contribution in [2.24, 2.45) is 5.90 Å². The Balaban J connectivity index is 2.85. The summed E-state index contributed by atoms with van der Waals surface area (Å²) >= 11 is 0. The van der Waals surface area contributed by atoms with Crippen LogP contribution in [0.2, 0.25) is 0 Å². The zero-order valence-corrected chi connectivity index (χ0v) is 3.14. The molecule has 0 saturated carbocycles. The van der Waals surface area contributed by atoms with E-state index in [0.29, 0.717) is 0 Å². The molecule has 0 aliphatic carbocycles. The lowest BCUT2D eigenvalue weighted by atomic mass is 13.6. The lowest BCUT2D eigenvalue weighted by molar-refractivity contribution is 0.264. The first-order valence-corrected chi connectivity index (χ1v) is 1.88. The van der Waals surface area contributed by atoms with Crippen molar-refractivity contribution in [3.63, 3.8) is 0 Å². The monoisotopic (exact) mass is 95.0 g/mol. The van der Waals surface area contributed by atoms with Gasteiger partial charge in [0.25, 0.3) is 0 Å². The van der Waals surface area contributed by atoms with Crippen LogP contribution >= 0.6 is 8.25 Å². The molecule has 0 heterocycles. The predicted octanol–water partition coefficient (Wildman–Crippen LogP) is -0.0354. The second-order valence-electron chi connectivity index (χ2n) is 0.329. The van der Waals surface area contributed by atoms with Gasteiger partial charge in [0, 0.05) is 4.57 Å². The molecule has 29 valence electrons. The minimum Gasteiger partial charge on any atom is -0.162 e. The fraction of sp³-hybridized carbons (Fsp3) is 0. The molecule has 5 heavy (non-hydrogen) atoms. The molecule has 2 N–H and O–H groups in total. The predicted molar refractivity (Wildman–Crippen MR) is 13.6 cm³/mol. The van der Waals surface area contributed by atoms with E-state index in [1.54, 1.807) is 0 Å². The molecule has 0 rings (SSSR count). The van der Waals surface area contributed by atoms with E-state index in [1.165, 1.54) is 0 Å². The first-order chi connectivity index (χ1) is 2.27. The van der Waals surface area contributed by atoms with Crippen LogP contribution in [0.15, 0.2) is 0 Å². The Hall–Kier alpha value is -0.0200. The molecule has 0 aromatic heterocycles. The van der Waals surface area contributed by atoms with Crippen LogP contribution in [-0.2, 0) is 14.1 Å². The Bertz CT molecular complexity index is 42.2. The van der Waals surface area contributed by atoms with Crippen LogP contribution in [-0.4, -0.2) is 0 Å². The SMILES string of the molecule is NO[P+]([O])=O. The van der Waals surface area contributed by atoms with Gasteiger partial charge in [0.05, 0.1) is 0 Å². The number of nitrogens with two attached hydrogens (primary N) is 1. The summed E-state index contributed by atoms with van der Waals surface area (Å²) in [5, 5.41) is 0. The molecule has 0 saturated heterocycles. The molecule has 0 bridgehead atoms. The fourth-order valence-corrected chi connectivity index (χ4v) is 0. The van der Waals surface area contributed by atoms with Crippen molar-refractivity contribution in [3.05, 3.63) is 0 Å². The Labute approximate surface area is 29.5 Å². The zero-order chi connectivity index (χ0) is 4.28. The topological polar surface area (TPSA) is 72.2 Å². The van der Waals surface area contributed by atoms with Gasteiger partial charge in [-0.15, -0.1) is 0 Å². The van der Waals surface area contributed by atoms with Crippen molar-refractivity contribution in [1.29, 1.82) is 0 Å². The van der Waals surface area contributed by atoms with Gasteiger partial charge in [0.15, 0.2) is 0 Å². The Morgan fingerprint density at radius 1 is 1.80 bits per heavy atom. The summed E-state index contributed by atoms with van der Waals surface area (Å²) in [5.74, 6) is 4.08. The first kappa shape index (κ1) is 4.98. The maximum Gasteiger partial charge on any atom is 0.751 e. The standard InChI is InChI=1S/H2NO3P/c1-4-5(2)3/h1H2/q+1. The summed E-state index contributed by atoms with van der Waals surface area (Å²) in [6.45, 7) is 0. The Kier molecular flexibility index (Phi) is 2.22. The van der Waals surface area contributed by atoms with E-state index < -0.39 is 8.25 Å². The van der Waals surface area contributed by atoms with E-state index in [9.17, 15) is 0 Å². The van der Waals surface area contributed by atoms with E-state index >= 15 is 0 Å². The van der Waals surface area contributed by atoms with Crippen LogP contribution in [0.3, 0.4) is 0 Å². The summed E-state index contributed by atoms with van der Waals surface area (Å²) in [7, 11) is -2.82. The number of hydrogen-bond acceptors (Lipinski definition) is 3. The lowest BCUT2D eigenvalue weighted by Crippen LogP contribution is -1.84. The zero-order valence-electron chi connectivity index (χ0n) is 2.25. The number of hydrogen-bond donors (Lipinski definition) is 1. The summed E-state index contributed by atoms with van der Waals surface area (Å²) < 4.78 is 12.3. The lowest BCUT2D eigenvalue weighted by Gasteiger charge is -1.52. The molecular weight excluding hydrogens is 93.0 g/mol. The fourth-order valence-electron chi connectivity index (χ4n) is 0. The van der Waals surface area contributed by atoms with E-state index in [4.69, 9.17) is 9.46 Å². The van der Waals surface area contributed by atoms with Gasteiger partial charge in [-0.05, 0) is 4.62 Å². The first-order valence-electron chi connectivity index (χ1n) is 0.783. The van der Waals surface area contributed by atoms with E-state index in [1.807, 2.05) is 0 Å². The molecule has 1 atom stereocenters. The molecule has 1 radical (unpaired) electrons. The largest absolute Gasteiger partial charge is 0.751 e. The molecule has 0 aromatic rings. The molecule has 0 spiro atoms. The van der Waals surface area contributed by atoms with Crippen LogP contribution in [0.5, 0.6) is 0 Å². The van der Waals surface area contributed by atoms with E-state index in [0.717, 1.165) is 0 Å². The second-order valence-corrected chi connectivity index (χ2v) is 0.987. The van der Waals surface area contributed by atoms with Crippen LogP contribution in [0, 0.1) is 0 Å². The minimum absolute atomic E-state index is 2.82. The van der Waals surface area contributed by atoms with Crippen molar-refractivity contribution < 1.29 is 14.1 Å². The van der Waals surface area contributed by atoms with Gasteiger partial charge in [-0.1, -0.05) is 0 Å². The van der Waals surface area contributed by atoms with Gasteiger partial charge >= 0.3 is 8.25 Å². The molecule has 1 unspecified atom stereocenters. The van der Waals surface area contributed by atoms with Crippen molar-refractivity contribution in [1.82, 2.24) is 0 Å². The van der Waals surface area contributed by atoms with E-state index in [-0.39, 0.29) is 0 Å². The third-order valence-electron chi connectivity index (χ3n) is 0.0861. The molecule has 0 fully saturated rings. The third-order valence-corrected chi connectivity index (χ3v) is 0.258. The highest BCUT2D eigenvalue weighted by molar-refractivity contribution is 7.31. The van der Waals surface area contributed by atoms with Gasteiger partial charge < -0.3 is 0 Å². The molecule has 0 aliphatic rings. The van der Waals surface area contributed by atoms with Crippen molar-refractivity contribution in [2.45, 2.75) is 0 Å². The van der Waals surface area contributed by atoms with Gasteiger partial charge in [-0.3, -0.25) is 0 Å². The highest BCUT2D eigenvalue weighted by Gasteiger charge is 2.09. The second kappa shape index (κ2) is 2.23. The summed E-state index contributed by atoms with van der Waals surface area (Å²) in [5.41, 5.74) is 0. The highest BCUT2D eigenvalue weighted by atomic mass is 31.1. The molecule has 0 aliphatic heterocycles. The number of rotatable bonds is 1. The highest BCUT2D eigenvalue weighted by Crippen LogP contribution is 2.09. The van der Waals surface area contributed by atoms with Crippen LogP contribution in [0.1, 0.15) is 0 Å².